The molecule has 2 aromatic carbocycles. The van der Waals surface area contributed by atoms with Crippen LogP contribution in [-0.2, 0) is 16.0 Å². The zero-order valence-electron chi connectivity index (χ0n) is 17.6. The number of para-hydroxylation sites is 3. The van der Waals surface area contributed by atoms with Gasteiger partial charge in [0, 0.05) is 26.4 Å². The molecule has 6 nitrogen and oxygen atoms in total. The van der Waals surface area contributed by atoms with Crippen LogP contribution in [0.5, 0.6) is 11.5 Å². The van der Waals surface area contributed by atoms with Gasteiger partial charge in [-0.3, -0.25) is 9.59 Å². The van der Waals surface area contributed by atoms with Gasteiger partial charge in [0.25, 0.3) is 0 Å². The van der Waals surface area contributed by atoms with Crippen LogP contribution in [0.1, 0.15) is 32.8 Å². The second-order valence-corrected chi connectivity index (χ2v) is 6.97. The summed E-state index contributed by atoms with van der Waals surface area (Å²) in [5, 5.41) is 2.91. The van der Waals surface area contributed by atoms with E-state index >= 15 is 0 Å². The van der Waals surface area contributed by atoms with Crippen molar-refractivity contribution in [3.05, 3.63) is 54.1 Å². The van der Waals surface area contributed by atoms with Crippen molar-refractivity contribution in [2.75, 3.05) is 25.1 Å². The number of hydrogen-bond donors (Lipinski definition) is 1. The summed E-state index contributed by atoms with van der Waals surface area (Å²) in [6, 6.07) is 15.1. The number of ether oxygens (including phenoxy) is 2. The van der Waals surface area contributed by atoms with Gasteiger partial charge in [-0.15, -0.1) is 0 Å². The molecule has 0 bridgehead atoms. The molecule has 0 spiro atoms. The van der Waals surface area contributed by atoms with E-state index < -0.39 is 0 Å². The second-order valence-electron chi connectivity index (χ2n) is 6.97. The molecule has 0 atom stereocenters. The summed E-state index contributed by atoms with van der Waals surface area (Å²) in [7, 11) is 1.63. The summed E-state index contributed by atoms with van der Waals surface area (Å²) in [6.07, 6.45) is 0.877. The lowest BCUT2D eigenvalue weighted by Gasteiger charge is -2.24. The van der Waals surface area contributed by atoms with Crippen LogP contribution in [-0.4, -0.2) is 38.1 Å². The van der Waals surface area contributed by atoms with Gasteiger partial charge < -0.3 is 19.7 Å². The molecule has 6 heteroatoms. The summed E-state index contributed by atoms with van der Waals surface area (Å²) < 4.78 is 11.1. The average Bonchev–Trinajstić information content (AvgIpc) is 2.69. The molecule has 29 heavy (non-hydrogen) atoms. The van der Waals surface area contributed by atoms with Gasteiger partial charge in [0.15, 0.2) is 0 Å². The van der Waals surface area contributed by atoms with Gasteiger partial charge in [0.1, 0.15) is 11.5 Å². The molecule has 0 saturated carbocycles. The largest absolute Gasteiger partial charge is 0.496 e. The fourth-order valence-corrected chi connectivity index (χ4v) is 3.03. The van der Waals surface area contributed by atoms with E-state index in [-0.39, 0.29) is 30.9 Å². The summed E-state index contributed by atoms with van der Waals surface area (Å²) >= 11 is 0. The van der Waals surface area contributed by atoms with Crippen molar-refractivity contribution in [1.29, 1.82) is 0 Å². The van der Waals surface area contributed by atoms with E-state index in [2.05, 4.69) is 5.32 Å². The van der Waals surface area contributed by atoms with Crippen LogP contribution in [0.25, 0.3) is 0 Å². The maximum absolute atomic E-state index is 12.3. The molecule has 0 fully saturated rings. The summed E-state index contributed by atoms with van der Waals surface area (Å²) in [5.74, 6) is 1.21. The highest BCUT2D eigenvalue weighted by molar-refractivity contribution is 5.93. The molecule has 0 aromatic heterocycles. The van der Waals surface area contributed by atoms with E-state index in [1.165, 1.54) is 6.92 Å². The van der Waals surface area contributed by atoms with Crippen molar-refractivity contribution in [1.82, 2.24) is 5.32 Å². The molecule has 2 aromatic rings. The van der Waals surface area contributed by atoms with Crippen molar-refractivity contribution < 1.29 is 19.1 Å². The topological polar surface area (TPSA) is 67.9 Å². The van der Waals surface area contributed by atoms with Crippen LogP contribution in [0.4, 0.5) is 5.69 Å². The van der Waals surface area contributed by atoms with E-state index in [0.717, 1.165) is 11.3 Å². The van der Waals surface area contributed by atoms with Gasteiger partial charge in [-0.2, -0.15) is 0 Å². The minimum Gasteiger partial charge on any atom is -0.496 e. The molecule has 156 valence electrons. The normalized spacial score (nSPS) is 10.5. The van der Waals surface area contributed by atoms with Gasteiger partial charge in [-0.1, -0.05) is 30.3 Å². The van der Waals surface area contributed by atoms with Crippen LogP contribution in [0, 0.1) is 0 Å². The quantitative estimate of drug-likeness (QED) is 0.664. The van der Waals surface area contributed by atoms with Crippen LogP contribution in [0.2, 0.25) is 0 Å². The Labute approximate surface area is 172 Å². The van der Waals surface area contributed by atoms with Crippen LogP contribution >= 0.6 is 0 Å². The number of carbonyl (C=O) groups is 2. The highest BCUT2D eigenvalue weighted by Crippen LogP contribution is 2.29. The first-order valence-corrected chi connectivity index (χ1v) is 9.84. The maximum Gasteiger partial charge on any atom is 0.223 e. The van der Waals surface area contributed by atoms with Gasteiger partial charge in [0.2, 0.25) is 11.8 Å². The number of amides is 2. The van der Waals surface area contributed by atoms with Crippen molar-refractivity contribution in [3.63, 3.8) is 0 Å². The zero-order valence-corrected chi connectivity index (χ0v) is 17.6. The van der Waals surface area contributed by atoms with E-state index in [4.69, 9.17) is 9.47 Å². The van der Waals surface area contributed by atoms with Gasteiger partial charge in [0.05, 0.1) is 18.9 Å². The average molecular weight is 399 g/mol. The van der Waals surface area contributed by atoms with Crippen molar-refractivity contribution in [3.8, 4) is 11.5 Å². The lowest BCUT2D eigenvalue weighted by atomic mass is 10.1. The predicted molar refractivity (Wildman–Crippen MR) is 115 cm³/mol. The molecule has 0 aliphatic rings. The lowest BCUT2D eigenvalue weighted by Crippen LogP contribution is -2.34. The van der Waals surface area contributed by atoms with E-state index in [9.17, 15) is 9.59 Å². The molecule has 0 heterocycles. The van der Waals surface area contributed by atoms with E-state index in [1.807, 2.05) is 62.4 Å². The highest BCUT2D eigenvalue weighted by atomic mass is 16.5. The third kappa shape index (κ3) is 6.82. The minimum atomic E-state index is -0.133. The Hall–Kier alpha value is -3.02. The molecule has 0 aliphatic heterocycles. The molecule has 1 N–H and O–H groups in total. The fraction of sp³-hybridized carbons (Fsp3) is 0.391. The van der Waals surface area contributed by atoms with Crippen LogP contribution < -0.4 is 19.7 Å². The molecule has 2 amide bonds. The molecule has 0 radical (unpaired) electrons. The van der Waals surface area contributed by atoms with Crippen molar-refractivity contribution in [2.45, 2.75) is 39.7 Å². The predicted octanol–water partition coefficient (Wildman–Crippen LogP) is 3.58. The van der Waals surface area contributed by atoms with E-state index in [0.29, 0.717) is 24.4 Å². The Morgan fingerprint density at radius 3 is 2.34 bits per heavy atom. The number of hydrogen-bond acceptors (Lipinski definition) is 4. The van der Waals surface area contributed by atoms with E-state index in [1.54, 1.807) is 12.0 Å². The van der Waals surface area contributed by atoms with Crippen molar-refractivity contribution in [2.24, 2.45) is 0 Å². The number of methoxy groups -OCH3 is 1. The molecule has 2 rings (SSSR count). The number of benzene rings is 2. The number of rotatable bonds is 10. The van der Waals surface area contributed by atoms with Gasteiger partial charge in [-0.05, 0) is 44.0 Å². The smallest absolute Gasteiger partial charge is 0.223 e. The van der Waals surface area contributed by atoms with Gasteiger partial charge >= 0.3 is 0 Å². The number of nitrogens with one attached hydrogen (secondary N) is 1. The number of nitrogens with zero attached hydrogens (tertiary/aromatic N) is 1. The van der Waals surface area contributed by atoms with Crippen LogP contribution in [0.3, 0.4) is 0 Å². The Morgan fingerprint density at radius 1 is 1.03 bits per heavy atom. The number of anilines is 1. The maximum atomic E-state index is 12.3. The Balaban J connectivity index is 1.92. The Kier molecular flexibility index (Phi) is 8.52. The fourth-order valence-electron chi connectivity index (χ4n) is 3.03. The summed E-state index contributed by atoms with van der Waals surface area (Å²) in [6.45, 7) is 6.15. The molecular formula is C23H30N2O4. The number of carbonyl (C=O) groups excluding carboxylic acids is 2. The zero-order chi connectivity index (χ0) is 21.2. The second kappa shape index (κ2) is 11.1. The first kappa shape index (κ1) is 22.3. The summed E-state index contributed by atoms with van der Waals surface area (Å²) in [4.78, 5) is 26.1. The molecule has 0 saturated heterocycles. The summed E-state index contributed by atoms with van der Waals surface area (Å²) in [5.41, 5.74) is 1.72. The monoisotopic (exact) mass is 398 g/mol. The first-order chi connectivity index (χ1) is 13.9. The van der Waals surface area contributed by atoms with Crippen molar-refractivity contribution >= 4 is 17.5 Å². The third-order valence-corrected chi connectivity index (χ3v) is 4.37. The molecule has 0 aliphatic carbocycles. The molecular weight excluding hydrogens is 368 g/mol. The Bertz CT molecular complexity index is 820. The van der Waals surface area contributed by atoms with Crippen LogP contribution in [0.15, 0.2) is 48.5 Å². The standard InChI is InChI=1S/C23H30N2O4/c1-17(2)29-22-12-8-6-10-20(22)25(18(3)26)16-14-23(27)24-15-13-19-9-5-7-11-21(19)28-4/h5-12,17H,13-16H2,1-4H3,(H,24,27). The third-order valence-electron chi connectivity index (χ3n) is 4.37. The lowest BCUT2D eigenvalue weighted by molar-refractivity contribution is -0.121. The Morgan fingerprint density at radius 2 is 1.69 bits per heavy atom. The molecule has 0 unspecified atom stereocenters. The highest BCUT2D eigenvalue weighted by Gasteiger charge is 2.18. The SMILES string of the molecule is COc1ccccc1CCNC(=O)CCN(C(C)=O)c1ccccc1OC(C)C. The van der Waals surface area contributed by atoms with Gasteiger partial charge in [-0.25, -0.2) is 0 Å². The minimum absolute atomic E-state index is 0.0109. The first-order valence-electron chi connectivity index (χ1n) is 9.84.